The molecule has 0 aromatic rings. The average Bonchev–Trinajstić information content (AvgIpc) is 3.16. The van der Waals surface area contributed by atoms with Gasteiger partial charge in [0, 0.05) is 26.3 Å². The Morgan fingerprint density at radius 2 is 1.70 bits per heavy atom. The lowest BCUT2D eigenvalue weighted by molar-refractivity contribution is -0.257. The summed E-state index contributed by atoms with van der Waals surface area (Å²) in [5.74, 6) is -2.63. The maximum atomic E-state index is 12.9. The molecule has 1 heterocycles. The smallest absolute Gasteiger partial charge is 0.309 e. The van der Waals surface area contributed by atoms with Crippen molar-refractivity contribution in [2.45, 2.75) is 105 Å². The topological polar surface area (TPSA) is 114 Å². The van der Waals surface area contributed by atoms with Crippen LogP contribution < -0.4 is 0 Å². The van der Waals surface area contributed by atoms with Crippen LogP contribution in [0.4, 0.5) is 0 Å². The van der Waals surface area contributed by atoms with E-state index in [0.29, 0.717) is 37.7 Å². The molecule has 222 valence electrons. The zero-order valence-corrected chi connectivity index (χ0v) is 24.8. The van der Waals surface area contributed by atoms with Crippen molar-refractivity contribution in [2.75, 3.05) is 0 Å². The first-order chi connectivity index (χ1) is 18.7. The fourth-order valence-electron chi connectivity index (χ4n) is 6.76. The van der Waals surface area contributed by atoms with Gasteiger partial charge in [0.15, 0.2) is 0 Å². The molecule has 9 atom stereocenters. The molecule has 2 fully saturated rings. The van der Waals surface area contributed by atoms with Crippen LogP contribution in [0.25, 0.3) is 0 Å². The number of carbonyl (C=O) groups excluding carboxylic acids is 4. The summed E-state index contributed by atoms with van der Waals surface area (Å²) in [4.78, 5) is 49.9. The molecule has 1 saturated heterocycles. The minimum atomic E-state index is -1.21. The molecule has 1 saturated carbocycles. The van der Waals surface area contributed by atoms with Gasteiger partial charge in [-0.2, -0.15) is 0 Å². The molecule has 0 aromatic heterocycles. The van der Waals surface area contributed by atoms with Crippen molar-refractivity contribution < 1.29 is 42.9 Å². The molecule has 0 amide bonds. The minimum Gasteiger partial charge on any atom is -0.461 e. The first-order valence-electron chi connectivity index (χ1n) is 14.1. The fraction of sp³-hybridized carbons (Fsp3) is 0.677. The van der Waals surface area contributed by atoms with Crippen LogP contribution >= 0.6 is 0 Å². The lowest BCUT2D eigenvalue weighted by Crippen LogP contribution is -2.64. The molecular formula is C31H44O9. The van der Waals surface area contributed by atoms with Crippen LogP contribution in [0, 0.1) is 28.6 Å². The Morgan fingerprint density at radius 3 is 2.25 bits per heavy atom. The van der Waals surface area contributed by atoms with Gasteiger partial charge in [-0.3, -0.25) is 23.9 Å². The molecule has 0 radical (unpaired) electrons. The van der Waals surface area contributed by atoms with Crippen molar-refractivity contribution in [1.82, 2.24) is 0 Å². The van der Waals surface area contributed by atoms with Gasteiger partial charge in [-0.25, -0.2) is 0 Å². The average molecular weight is 561 g/mol. The molecule has 9 nitrogen and oxygen atoms in total. The number of rotatable bonds is 10. The number of esters is 4. The van der Waals surface area contributed by atoms with Crippen molar-refractivity contribution >= 4 is 23.9 Å². The molecule has 0 aromatic carbocycles. The molecule has 1 spiro atoms. The number of hydrogen-bond donors (Lipinski definition) is 0. The van der Waals surface area contributed by atoms with Gasteiger partial charge in [-0.15, -0.1) is 0 Å². The molecule has 9 heteroatoms. The molecule has 0 bridgehead atoms. The third kappa shape index (κ3) is 5.90. The number of carbonyl (C=O) groups is 4. The molecule has 40 heavy (non-hydrogen) atoms. The van der Waals surface area contributed by atoms with E-state index in [0.717, 1.165) is 5.57 Å². The molecule has 0 N–H and O–H groups in total. The van der Waals surface area contributed by atoms with Gasteiger partial charge in [0.2, 0.25) is 12.6 Å². The van der Waals surface area contributed by atoms with E-state index in [2.05, 4.69) is 27.0 Å². The summed E-state index contributed by atoms with van der Waals surface area (Å²) in [6.07, 6.45) is 2.47. The third-order valence-electron chi connectivity index (χ3n) is 9.23. The van der Waals surface area contributed by atoms with Gasteiger partial charge >= 0.3 is 23.9 Å². The van der Waals surface area contributed by atoms with E-state index in [4.69, 9.17) is 23.7 Å². The second-order valence-corrected chi connectivity index (χ2v) is 11.7. The van der Waals surface area contributed by atoms with E-state index in [1.165, 1.54) is 20.8 Å². The summed E-state index contributed by atoms with van der Waals surface area (Å²) in [6.45, 7) is 19.8. The highest BCUT2D eigenvalue weighted by Gasteiger charge is 2.72. The third-order valence-corrected chi connectivity index (χ3v) is 9.23. The van der Waals surface area contributed by atoms with E-state index in [-0.39, 0.29) is 23.7 Å². The van der Waals surface area contributed by atoms with Gasteiger partial charge in [-0.1, -0.05) is 52.5 Å². The standard InChI is InChI=1S/C31H44O9/c1-10-17(3)12-13-30(9)19(5)14-26(36-20(6)32)31-24(28(37-21(7)33)40-29(31)38-22(8)34)15-23(16-25(30)31)39-27(35)18(4)11-2/h10,15,18-19,23,25-26,28-29H,1,3,11-14,16H2,2,4-9H3/t18?,19-,23+,25+,26+,28+,29-,30-,31-/m0/s1. The first-order valence-corrected chi connectivity index (χ1v) is 14.1. The summed E-state index contributed by atoms with van der Waals surface area (Å²) in [5.41, 5.74) is -0.240. The highest BCUT2D eigenvalue weighted by molar-refractivity contribution is 5.72. The van der Waals surface area contributed by atoms with Crippen molar-refractivity contribution in [3.8, 4) is 0 Å². The molecule has 3 rings (SSSR count). The summed E-state index contributed by atoms with van der Waals surface area (Å²) >= 11 is 0. The summed E-state index contributed by atoms with van der Waals surface area (Å²) in [5, 5.41) is 0. The normalized spacial score (nSPS) is 35.2. The second-order valence-electron chi connectivity index (χ2n) is 11.7. The lowest BCUT2D eigenvalue weighted by Gasteiger charge is -2.61. The second kappa shape index (κ2) is 12.3. The Labute approximate surface area is 237 Å². The van der Waals surface area contributed by atoms with Gasteiger partial charge in [-0.05, 0) is 55.4 Å². The lowest BCUT2D eigenvalue weighted by atomic mass is 9.45. The maximum Gasteiger partial charge on any atom is 0.309 e. The molecule has 1 aliphatic heterocycles. The molecule has 2 aliphatic carbocycles. The highest BCUT2D eigenvalue weighted by Crippen LogP contribution is 2.68. The van der Waals surface area contributed by atoms with E-state index in [1.807, 2.05) is 13.8 Å². The van der Waals surface area contributed by atoms with Gasteiger partial charge < -0.3 is 18.9 Å². The number of allylic oxidation sites excluding steroid dienone is 2. The maximum absolute atomic E-state index is 12.9. The fourth-order valence-corrected chi connectivity index (χ4v) is 6.76. The molecule has 3 aliphatic rings. The molecule has 1 unspecified atom stereocenters. The van der Waals surface area contributed by atoms with Crippen LogP contribution in [0.1, 0.15) is 80.6 Å². The summed E-state index contributed by atoms with van der Waals surface area (Å²) in [7, 11) is 0. The Bertz CT molecular complexity index is 1080. The van der Waals surface area contributed by atoms with Crippen LogP contribution in [-0.2, 0) is 42.9 Å². The first kappa shape index (κ1) is 31.6. The van der Waals surface area contributed by atoms with E-state index < -0.39 is 53.5 Å². The van der Waals surface area contributed by atoms with E-state index in [9.17, 15) is 19.2 Å². The van der Waals surface area contributed by atoms with E-state index in [1.54, 1.807) is 12.2 Å². The van der Waals surface area contributed by atoms with Crippen molar-refractivity contribution in [1.29, 1.82) is 0 Å². The zero-order chi connectivity index (χ0) is 30.0. The van der Waals surface area contributed by atoms with Crippen molar-refractivity contribution in [3.63, 3.8) is 0 Å². The monoisotopic (exact) mass is 560 g/mol. The van der Waals surface area contributed by atoms with Crippen molar-refractivity contribution in [2.24, 2.45) is 28.6 Å². The Morgan fingerprint density at radius 1 is 1.07 bits per heavy atom. The quantitative estimate of drug-likeness (QED) is 0.154. The van der Waals surface area contributed by atoms with Crippen molar-refractivity contribution in [3.05, 3.63) is 36.5 Å². The van der Waals surface area contributed by atoms with Gasteiger partial charge in [0.25, 0.3) is 0 Å². The summed E-state index contributed by atoms with van der Waals surface area (Å²) in [6, 6.07) is 0. The van der Waals surface area contributed by atoms with Gasteiger partial charge in [0.1, 0.15) is 17.6 Å². The van der Waals surface area contributed by atoms with Gasteiger partial charge in [0.05, 0.1) is 5.92 Å². The minimum absolute atomic E-state index is 0.0427. The Balaban J connectivity index is 2.28. The van der Waals surface area contributed by atoms with Crippen LogP contribution in [0.3, 0.4) is 0 Å². The SMILES string of the molecule is C=CC(=C)CC[C@]1(C)[C@H]2C[C@H](OC(=O)C(C)CC)C=C3[C@H](OC(C)=O)O[C@H](OC(C)=O)[C@@]32[C@H](OC(C)=O)C[C@@H]1C. The largest absolute Gasteiger partial charge is 0.461 e. The zero-order valence-electron chi connectivity index (χ0n) is 24.8. The Kier molecular flexibility index (Phi) is 9.70. The highest BCUT2D eigenvalue weighted by atomic mass is 16.8. The summed E-state index contributed by atoms with van der Waals surface area (Å²) < 4.78 is 29.5. The molecular weight excluding hydrogens is 516 g/mol. The number of hydrogen-bond acceptors (Lipinski definition) is 9. The predicted octanol–water partition coefficient (Wildman–Crippen LogP) is 5.19. The van der Waals surface area contributed by atoms with Crippen LogP contribution in [0.2, 0.25) is 0 Å². The van der Waals surface area contributed by atoms with Crippen LogP contribution in [0.15, 0.2) is 36.5 Å². The predicted molar refractivity (Wildman–Crippen MR) is 146 cm³/mol. The van der Waals surface area contributed by atoms with E-state index >= 15 is 0 Å². The van der Waals surface area contributed by atoms with Crippen LogP contribution in [-0.4, -0.2) is 48.7 Å². The van der Waals surface area contributed by atoms with Crippen LogP contribution in [0.5, 0.6) is 0 Å². The number of ether oxygens (including phenoxy) is 5. The Hall–Kier alpha value is -2.94.